The van der Waals surface area contributed by atoms with E-state index in [1.807, 2.05) is 0 Å². The first-order chi connectivity index (χ1) is 10.5. The van der Waals surface area contributed by atoms with Gasteiger partial charge in [-0.3, -0.25) is 4.79 Å². The minimum atomic E-state index is -1.04. The Bertz CT molecular complexity index is 793. The van der Waals surface area contributed by atoms with Crippen molar-refractivity contribution in [1.82, 2.24) is 0 Å². The van der Waals surface area contributed by atoms with E-state index in [1.165, 1.54) is 18.2 Å². The van der Waals surface area contributed by atoms with Gasteiger partial charge in [-0.1, -0.05) is 15.9 Å². The maximum Gasteiger partial charge on any atom is 0.345 e. The van der Waals surface area contributed by atoms with Gasteiger partial charge < -0.3 is 14.6 Å². The quantitative estimate of drug-likeness (QED) is 0.644. The van der Waals surface area contributed by atoms with E-state index in [1.54, 1.807) is 18.2 Å². The Labute approximate surface area is 137 Å². The molecule has 0 saturated heterocycles. The third kappa shape index (κ3) is 2.90. The summed E-state index contributed by atoms with van der Waals surface area (Å²) in [4.78, 5) is 23.4. The second-order valence-corrected chi connectivity index (χ2v) is 6.33. The first-order valence-electron chi connectivity index (χ1n) is 6.19. The Morgan fingerprint density at radius 2 is 1.86 bits per heavy atom. The lowest BCUT2D eigenvalue weighted by atomic mass is 10.1. The fourth-order valence-electron chi connectivity index (χ4n) is 1.89. The number of halogens is 1. The number of hydrogen-bond acceptors (Lipinski definition) is 5. The van der Waals surface area contributed by atoms with Crippen molar-refractivity contribution in [2.45, 2.75) is 0 Å². The van der Waals surface area contributed by atoms with Crippen molar-refractivity contribution < 1.29 is 24.2 Å². The SMILES string of the molecule is O=C(O)c1ccc(C(=O)/C=C/c2cc3c(cc2Br)OCO3)s1. The monoisotopic (exact) mass is 380 g/mol. The zero-order valence-electron chi connectivity index (χ0n) is 11.0. The van der Waals surface area contributed by atoms with Crippen molar-refractivity contribution in [1.29, 1.82) is 0 Å². The van der Waals surface area contributed by atoms with E-state index in [4.69, 9.17) is 14.6 Å². The number of carbonyl (C=O) groups excluding carboxylic acids is 1. The molecule has 3 rings (SSSR count). The number of fused-ring (bicyclic) bond motifs is 1. The highest BCUT2D eigenvalue weighted by Crippen LogP contribution is 2.37. The van der Waals surface area contributed by atoms with Gasteiger partial charge in [0.2, 0.25) is 6.79 Å². The van der Waals surface area contributed by atoms with Gasteiger partial charge in [0.25, 0.3) is 0 Å². The molecule has 1 N–H and O–H groups in total. The van der Waals surface area contributed by atoms with Crippen molar-refractivity contribution in [2.24, 2.45) is 0 Å². The molecule has 1 aliphatic heterocycles. The summed E-state index contributed by atoms with van der Waals surface area (Å²) in [5.74, 6) is -0.00657. The van der Waals surface area contributed by atoms with Gasteiger partial charge >= 0.3 is 5.97 Å². The van der Waals surface area contributed by atoms with Crippen molar-refractivity contribution in [2.75, 3.05) is 6.79 Å². The van der Waals surface area contributed by atoms with Gasteiger partial charge in [-0.05, 0) is 42.0 Å². The first kappa shape index (κ1) is 14.8. The van der Waals surface area contributed by atoms with E-state index < -0.39 is 5.97 Å². The molecule has 1 aromatic carbocycles. The van der Waals surface area contributed by atoms with Crippen LogP contribution >= 0.6 is 27.3 Å². The Balaban J connectivity index is 1.81. The molecule has 0 atom stereocenters. The van der Waals surface area contributed by atoms with E-state index >= 15 is 0 Å². The molecule has 0 unspecified atom stereocenters. The Hall–Kier alpha value is -2.12. The molecule has 0 fully saturated rings. The average Bonchev–Trinajstić information content (AvgIpc) is 3.13. The van der Waals surface area contributed by atoms with Gasteiger partial charge in [0, 0.05) is 4.47 Å². The highest BCUT2D eigenvalue weighted by atomic mass is 79.9. The summed E-state index contributed by atoms with van der Waals surface area (Å²) in [7, 11) is 0. The topological polar surface area (TPSA) is 72.8 Å². The molecule has 0 saturated carbocycles. The summed E-state index contributed by atoms with van der Waals surface area (Å²) in [5, 5.41) is 8.86. The Kier molecular flexibility index (Phi) is 4.00. The van der Waals surface area contributed by atoms with E-state index in [9.17, 15) is 9.59 Å². The number of carboxylic acid groups (broad SMARTS) is 1. The summed E-state index contributed by atoms with van der Waals surface area (Å²) < 4.78 is 11.3. The Morgan fingerprint density at radius 1 is 1.18 bits per heavy atom. The van der Waals surface area contributed by atoms with Crippen LogP contribution in [-0.4, -0.2) is 23.7 Å². The lowest BCUT2D eigenvalue weighted by Gasteiger charge is -2.01. The van der Waals surface area contributed by atoms with E-state index in [0.717, 1.165) is 21.4 Å². The van der Waals surface area contributed by atoms with Crippen LogP contribution in [0, 0.1) is 0 Å². The summed E-state index contributed by atoms with van der Waals surface area (Å²) in [5.41, 5.74) is 0.771. The van der Waals surface area contributed by atoms with Crippen LogP contribution < -0.4 is 9.47 Å². The van der Waals surface area contributed by atoms with Gasteiger partial charge in [0.15, 0.2) is 17.3 Å². The summed E-state index contributed by atoms with van der Waals surface area (Å²) in [6.45, 7) is 0.182. The molecule has 0 aliphatic carbocycles. The van der Waals surface area contributed by atoms with Crippen molar-refractivity contribution in [3.05, 3.63) is 50.1 Å². The number of ether oxygens (including phenoxy) is 2. The van der Waals surface area contributed by atoms with Crippen LogP contribution in [0.25, 0.3) is 6.08 Å². The fourth-order valence-corrected chi connectivity index (χ4v) is 3.11. The lowest BCUT2D eigenvalue weighted by molar-refractivity contribution is 0.0702. The summed E-state index contributed by atoms with van der Waals surface area (Å²) in [6, 6.07) is 6.48. The van der Waals surface area contributed by atoms with Gasteiger partial charge in [-0.15, -0.1) is 11.3 Å². The predicted molar refractivity (Wildman–Crippen MR) is 84.9 cm³/mol. The van der Waals surface area contributed by atoms with Gasteiger partial charge in [-0.25, -0.2) is 4.79 Å². The van der Waals surface area contributed by atoms with E-state index in [0.29, 0.717) is 16.4 Å². The van der Waals surface area contributed by atoms with Crippen molar-refractivity contribution in [3.63, 3.8) is 0 Å². The smallest absolute Gasteiger partial charge is 0.345 e. The molecule has 0 amide bonds. The number of allylic oxidation sites excluding steroid dienone is 1. The molecular weight excluding hydrogens is 372 g/mol. The second-order valence-electron chi connectivity index (χ2n) is 4.39. The van der Waals surface area contributed by atoms with Crippen LogP contribution in [0.3, 0.4) is 0 Å². The number of thiophene rings is 1. The molecule has 2 aromatic rings. The fraction of sp³-hybridized carbons (Fsp3) is 0.0667. The number of carbonyl (C=O) groups is 2. The van der Waals surface area contributed by atoms with Crippen LogP contribution in [0.2, 0.25) is 0 Å². The molecule has 0 radical (unpaired) electrons. The molecule has 0 bridgehead atoms. The third-order valence-corrected chi connectivity index (χ3v) is 4.74. The zero-order chi connectivity index (χ0) is 15.7. The molecule has 2 heterocycles. The Morgan fingerprint density at radius 3 is 2.55 bits per heavy atom. The van der Waals surface area contributed by atoms with Crippen LogP contribution in [0.4, 0.5) is 0 Å². The number of rotatable bonds is 4. The minimum absolute atomic E-state index is 0.140. The molecule has 112 valence electrons. The molecule has 22 heavy (non-hydrogen) atoms. The number of benzene rings is 1. The number of hydrogen-bond donors (Lipinski definition) is 1. The molecule has 1 aromatic heterocycles. The van der Waals surface area contributed by atoms with Crippen LogP contribution in [0.15, 0.2) is 34.8 Å². The van der Waals surface area contributed by atoms with Crippen molar-refractivity contribution in [3.8, 4) is 11.5 Å². The predicted octanol–water partition coefficient (Wildman–Crippen LogP) is 3.83. The van der Waals surface area contributed by atoms with Crippen LogP contribution in [0.5, 0.6) is 11.5 Å². The second kappa shape index (κ2) is 5.94. The largest absolute Gasteiger partial charge is 0.477 e. The number of aromatic carboxylic acids is 1. The van der Waals surface area contributed by atoms with Gasteiger partial charge in [0.1, 0.15) is 4.88 Å². The highest BCUT2D eigenvalue weighted by Gasteiger charge is 2.16. The summed E-state index contributed by atoms with van der Waals surface area (Å²) in [6.07, 6.45) is 3.05. The normalized spacial score (nSPS) is 12.8. The molecule has 7 heteroatoms. The highest BCUT2D eigenvalue weighted by molar-refractivity contribution is 9.10. The lowest BCUT2D eigenvalue weighted by Crippen LogP contribution is -1.92. The minimum Gasteiger partial charge on any atom is -0.477 e. The average molecular weight is 381 g/mol. The van der Waals surface area contributed by atoms with Gasteiger partial charge in [-0.2, -0.15) is 0 Å². The summed E-state index contributed by atoms with van der Waals surface area (Å²) >= 11 is 4.36. The molecule has 0 spiro atoms. The van der Waals surface area contributed by atoms with Gasteiger partial charge in [0.05, 0.1) is 4.88 Å². The van der Waals surface area contributed by atoms with E-state index in [2.05, 4.69) is 15.9 Å². The number of carboxylic acids is 1. The van der Waals surface area contributed by atoms with Crippen LogP contribution in [-0.2, 0) is 0 Å². The maximum absolute atomic E-state index is 12.1. The standard InChI is InChI=1S/C15H9BrO5S/c16-9-6-12-11(20-7-21-12)5-8(9)1-2-10(17)13-3-4-14(22-13)15(18)19/h1-6H,7H2,(H,18,19)/b2-1+. The maximum atomic E-state index is 12.1. The third-order valence-electron chi connectivity index (χ3n) is 2.97. The first-order valence-corrected chi connectivity index (χ1v) is 7.80. The number of ketones is 1. The molecule has 5 nitrogen and oxygen atoms in total. The van der Waals surface area contributed by atoms with Crippen LogP contribution in [0.1, 0.15) is 24.9 Å². The zero-order valence-corrected chi connectivity index (χ0v) is 13.4. The van der Waals surface area contributed by atoms with E-state index in [-0.39, 0.29) is 17.5 Å². The molecular formula is C15H9BrO5S. The van der Waals surface area contributed by atoms with Crippen molar-refractivity contribution >= 4 is 45.1 Å². The molecule has 1 aliphatic rings.